The number of nitrogens with zero attached hydrogens (tertiary/aromatic N) is 6. The van der Waals surface area contributed by atoms with Gasteiger partial charge in [-0.25, -0.2) is 9.82 Å². The van der Waals surface area contributed by atoms with Crippen molar-refractivity contribution in [3.05, 3.63) is 57.9 Å². The number of anilines is 4. The number of piperidine rings is 1. The van der Waals surface area contributed by atoms with Crippen molar-refractivity contribution >= 4 is 35.4 Å². The van der Waals surface area contributed by atoms with E-state index in [0.29, 0.717) is 17.4 Å². The Hall–Kier alpha value is -4.55. The molecule has 5 rings (SSSR count). The number of nitro groups is 1. The molecule has 1 atom stereocenters. The lowest BCUT2D eigenvalue weighted by atomic mass is 10.0. The number of hydrazone groups is 1. The number of nitro benzene ring substituents is 1. The van der Waals surface area contributed by atoms with Gasteiger partial charge in [0.1, 0.15) is 5.82 Å². The first-order valence-corrected chi connectivity index (χ1v) is 11.4. The van der Waals surface area contributed by atoms with Crippen LogP contribution in [0.1, 0.15) is 31.7 Å². The summed E-state index contributed by atoms with van der Waals surface area (Å²) in [7, 11) is 0. The van der Waals surface area contributed by atoms with E-state index in [0.717, 1.165) is 25.8 Å². The Balaban J connectivity index is 1.44. The first-order chi connectivity index (χ1) is 17.5. The predicted molar refractivity (Wildman–Crippen MR) is 131 cm³/mol. The molecule has 0 radical (unpaired) electrons. The lowest BCUT2D eigenvalue weighted by Crippen LogP contribution is -2.38. The van der Waals surface area contributed by atoms with E-state index in [1.54, 1.807) is 18.2 Å². The third kappa shape index (κ3) is 4.94. The number of rotatable bonds is 7. The van der Waals surface area contributed by atoms with Crippen molar-refractivity contribution in [3.8, 4) is 11.5 Å². The zero-order valence-corrected chi connectivity index (χ0v) is 19.3. The van der Waals surface area contributed by atoms with E-state index in [1.807, 2.05) is 0 Å². The topological polar surface area (TPSA) is 140 Å². The minimum absolute atomic E-state index is 0.00826. The number of halogens is 1. The molecule has 12 nitrogen and oxygen atoms in total. The molecular formula is C23H23FN8O4. The van der Waals surface area contributed by atoms with Crippen molar-refractivity contribution < 1.29 is 18.8 Å². The van der Waals surface area contributed by atoms with E-state index in [-0.39, 0.29) is 41.7 Å². The molecule has 1 aromatic heterocycles. The minimum atomic E-state index is -0.529. The van der Waals surface area contributed by atoms with Gasteiger partial charge in [-0.2, -0.15) is 20.1 Å². The summed E-state index contributed by atoms with van der Waals surface area (Å²) in [6.07, 6.45) is 4.39. The quantitative estimate of drug-likeness (QED) is 0.279. The summed E-state index contributed by atoms with van der Waals surface area (Å²) in [5.41, 5.74) is 2.95. The predicted octanol–water partition coefficient (Wildman–Crippen LogP) is 4.22. The molecule has 2 aromatic carbocycles. The molecular weight excluding hydrogens is 471 g/mol. The van der Waals surface area contributed by atoms with Gasteiger partial charge in [0.2, 0.25) is 24.6 Å². The van der Waals surface area contributed by atoms with Crippen LogP contribution in [0.15, 0.2) is 41.5 Å². The molecule has 0 amide bonds. The van der Waals surface area contributed by atoms with E-state index < -0.39 is 10.7 Å². The van der Waals surface area contributed by atoms with Gasteiger partial charge in [-0.3, -0.25) is 10.1 Å². The van der Waals surface area contributed by atoms with Gasteiger partial charge in [0.25, 0.3) is 5.69 Å². The highest BCUT2D eigenvalue weighted by Gasteiger charge is 2.24. The number of aromatic nitrogens is 3. The summed E-state index contributed by atoms with van der Waals surface area (Å²) in [5.74, 6) is 0.885. The second-order valence-electron chi connectivity index (χ2n) is 8.32. The fraction of sp³-hybridized carbons (Fsp3) is 0.304. The fourth-order valence-corrected chi connectivity index (χ4v) is 4.05. The van der Waals surface area contributed by atoms with Gasteiger partial charge in [0, 0.05) is 12.6 Å². The van der Waals surface area contributed by atoms with Crippen LogP contribution >= 0.6 is 0 Å². The number of benzene rings is 2. The standard InChI is InChI=1S/C23H23FN8O4/c1-14-6-4-5-9-31(14)23-28-21(26-17-8-3-2-7-16(17)24)27-22(29-23)30-25-12-15-10-19-20(36-13-35-19)11-18(15)32(33)34/h2-3,7-8,10-12,14H,4-6,9,13H2,1H3,(H2,26,27,28,29,30)/b25-12-/t14-/m0/s1. The van der Waals surface area contributed by atoms with Crippen LogP contribution < -0.4 is 25.1 Å². The SMILES string of the molecule is C[C@H]1CCCCN1c1nc(N/N=C\c2cc3c(cc2[N+](=O)[O-])OCO3)nc(Nc2ccccc2F)n1. The van der Waals surface area contributed by atoms with Crippen molar-refractivity contribution in [2.24, 2.45) is 5.10 Å². The van der Waals surface area contributed by atoms with E-state index in [1.165, 1.54) is 24.4 Å². The third-order valence-corrected chi connectivity index (χ3v) is 5.89. The molecule has 1 saturated heterocycles. The monoisotopic (exact) mass is 494 g/mol. The average Bonchev–Trinajstić information content (AvgIpc) is 3.33. The molecule has 186 valence electrons. The summed E-state index contributed by atoms with van der Waals surface area (Å²) in [6, 6.07) is 9.18. The molecule has 3 heterocycles. The van der Waals surface area contributed by atoms with Crippen LogP contribution in [-0.2, 0) is 0 Å². The molecule has 0 saturated carbocycles. The van der Waals surface area contributed by atoms with Crippen molar-refractivity contribution in [2.75, 3.05) is 29.0 Å². The summed E-state index contributed by atoms with van der Waals surface area (Å²) < 4.78 is 24.7. The second kappa shape index (κ2) is 9.98. The smallest absolute Gasteiger partial charge is 0.282 e. The van der Waals surface area contributed by atoms with Crippen LogP contribution in [0.3, 0.4) is 0 Å². The normalized spacial score (nSPS) is 16.8. The lowest BCUT2D eigenvalue weighted by molar-refractivity contribution is -0.385. The summed E-state index contributed by atoms with van der Waals surface area (Å²) >= 11 is 0. The van der Waals surface area contributed by atoms with E-state index >= 15 is 0 Å². The van der Waals surface area contributed by atoms with Crippen molar-refractivity contribution in [3.63, 3.8) is 0 Å². The number of hydrogen-bond donors (Lipinski definition) is 2. The van der Waals surface area contributed by atoms with Crippen molar-refractivity contribution in [2.45, 2.75) is 32.2 Å². The van der Waals surface area contributed by atoms with Crippen LogP contribution in [-0.4, -0.2) is 45.5 Å². The number of nitrogens with one attached hydrogen (secondary N) is 2. The van der Waals surface area contributed by atoms with Crippen molar-refractivity contribution in [1.82, 2.24) is 15.0 Å². The maximum absolute atomic E-state index is 14.2. The average molecular weight is 494 g/mol. The first kappa shape index (κ1) is 23.2. The fourth-order valence-electron chi connectivity index (χ4n) is 4.05. The molecule has 1 fully saturated rings. The van der Waals surface area contributed by atoms with Crippen LogP contribution in [0.5, 0.6) is 11.5 Å². The Morgan fingerprint density at radius 1 is 1.17 bits per heavy atom. The van der Waals surface area contributed by atoms with Gasteiger partial charge in [0.05, 0.1) is 28.5 Å². The van der Waals surface area contributed by atoms with E-state index in [9.17, 15) is 14.5 Å². The molecule has 0 aliphatic carbocycles. The van der Waals surface area contributed by atoms with Crippen LogP contribution in [0.25, 0.3) is 0 Å². The Kier molecular flexibility index (Phi) is 6.43. The Labute approximate surface area is 205 Å². The number of hydrogen-bond acceptors (Lipinski definition) is 11. The molecule has 2 aliphatic rings. The molecule has 0 spiro atoms. The molecule has 0 bridgehead atoms. The highest BCUT2D eigenvalue weighted by atomic mass is 19.1. The highest BCUT2D eigenvalue weighted by Crippen LogP contribution is 2.37. The summed E-state index contributed by atoms with van der Waals surface area (Å²) in [4.78, 5) is 26.3. The van der Waals surface area contributed by atoms with Gasteiger partial charge in [-0.05, 0) is 44.4 Å². The largest absolute Gasteiger partial charge is 0.454 e. The Morgan fingerprint density at radius 2 is 1.94 bits per heavy atom. The molecule has 2 aliphatic heterocycles. The van der Waals surface area contributed by atoms with Gasteiger partial charge >= 0.3 is 0 Å². The van der Waals surface area contributed by atoms with Crippen LogP contribution in [0, 0.1) is 15.9 Å². The molecule has 3 aromatic rings. The van der Waals surface area contributed by atoms with Gasteiger partial charge in [0.15, 0.2) is 11.5 Å². The lowest BCUT2D eigenvalue weighted by Gasteiger charge is -2.33. The zero-order valence-electron chi connectivity index (χ0n) is 19.3. The summed E-state index contributed by atoms with van der Waals surface area (Å²) in [5, 5.41) is 18.5. The summed E-state index contributed by atoms with van der Waals surface area (Å²) in [6.45, 7) is 2.86. The van der Waals surface area contributed by atoms with Crippen molar-refractivity contribution in [1.29, 1.82) is 0 Å². The first-order valence-electron chi connectivity index (χ1n) is 11.4. The number of para-hydroxylation sites is 1. The van der Waals surface area contributed by atoms with Gasteiger partial charge < -0.3 is 19.7 Å². The second-order valence-corrected chi connectivity index (χ2v) is 8.32. The third-order valence-electron chi connectivity index (χ3n) is 5.89. The number of fused-ring (bicyclic) bond motifs is 1. The molecule has 36 heavy (non-hydrogen) atoms. The molecule has 13 heteroatoms. The van der Waals surface area contributed by atoms with Gasteiger partial charge in [-0.15, -0.1) is 0 Å². The van der Waals surface area contributed by atoms with Crippen LogP contribution in [0.4, 0.5) is 33.6 Å². The maximum atomic E-state index is 14.2. The van der Waals surface area contributed by atoms with Gasteiger partial charge in [-0.1, -0.05) is 12.1 Å². The Bertz CT molecular complexity index is 1320. The highest BCUT2D eigenvalue weighted by molar-refractivity contribution is 5.87. The number of ether oxygens (including phenoxy) is 2. The Morgan fingerprint density at radius 3 is 2.72 bits per heavy atom. The van der Waals surface area contributed by atoms with E-state index in [4.69, 9.17) is 9.47 Å². The minimum Gasteiger partial charge on any atom is -0.454 e. The molecule has 2 N–H and O–H groups in total. The van der Waals surface area contributed by atoms with E-state index in [2.05, 4.69) is 42.6 Å². The van der Waals surface area contributed by atoms with Crippen LogP contribution in [0.2, 0.25) is 0 Å². The molecule has 0 unspecified atom stereocenters. The zero-order chi connectivity index (χ0) is 25.1. The maximum Gasteiger partial charge on any atom is 0.282 e.